The van der Waals surface area contributed by atoms with Crippen LogP contribution in [0.5, 0.6) is 0 Å². The molecule has 0 radical (unpaired) electrons. The van der Waals surface area contributed by atoms with Crippen LogP contribution < -0.4 is 94.1 Å². The van der Waals surface area contributed by atoms with Gasteiger partial charge in [-0.15, -0.1) is 0 Å². The van der Waals surface area contributed by atoms with E-state index in [0.29, 0.717) is 0 Å². The summed E-state index contributed by atoms with van der Waals surface area (Å²) < 4.78 is 77.2. The van der Waals surface area contributed by atoms with E-state index in [1.807, 2.05) is 0 Å². The first-order chi connectivity index (χ1) is 5.20. The average Bonchev–Trinajstić information content (AvgIpc) is 1.54. The predicted octanol–water partition coefficient (Wildman–Crippen LogP) is -19.7. The first-order valence-electron chi connectivity index (χ1n) is 1.39. The summed E-state index contributed by atoms with van der Waals surface area (Å²) >= 11 is -12.0. The number of halogens is 3. The van der Waals surface area contributed by atoms with Crippen molar-refractivity contribution in [1.29, 1.82) is 0 Å². The van der Waals surface area contributed by atoms with Gasteiger partial charge in [-0.25, -0.2) is 0 Å². The monoisotopic (exact) mass is 768 g/mol. The summed E-state index contributed by atoms with van der Waals surface area (Å²) in [5.74, 6) is 0. The molecule has 0 aromatic carbocycles. The number of rotatable bonds is 0. The van der Waals surface area contributed by atoms with Crippen LogP contribution in [0.3, 0.4) is 0 Å². The van der Waals surface area contributed by atoms with Gasteiger partial charge >= 0.3 is 0 Å². The predicted molar refractivity (Wildman–Crippen MR) is 0 cm³/mol. The van der Waals surface area contributed by atoms with Crippen molar-refractivity contribution in [3.63, 3.8) is 0 Å². The molecule has 0 bridgehead atoms. The number of hydrogen-bond donors (Lipinski definition) is 0. The second kappa shape index (κ2) is 18.6. The molecular formula is CmI3O9-3. The van der Waals surface area contributed by atoms with Crippen LogP contribution in [-0.4, -0.2) is 0 Å². The fourth-order valence-corrected chi connectivity index (χ4v) is 0. The fourth-order valence-electron chi connectivity index (χ4n) is 0. The normalized spacial score (nSPS) is 8.31. The van der Waals surface area contributed by atoms with Gasteiger partial charge in [0.1, 0.15) is 0 Å². The second-order valence-corrected chi connectivity index (χ2v) is 3.80. The van der Waals surface area contributed by atoms with Gasteiger partial charge in [-0.1, -0.05) is 0 Å². The maximum absolute atomic E-state index is 8.57. The van der Waals surface area contributed by atoms with Crippen molar-refractivity contribution in [2.45, 2.75) is 0 Å². The first-order valence-corrected chi connectivity index (χ1v) is 9.32. The third-order valence-corrected chi connectivity index (χ3v) is 0. The Labute approximate surface area is 93.0 Å². The van der Waals surface area contributed by atoms with Gasteiger partial charge in [-0.3, -0.25) is 0 Å². The molecule has 0 amide bonds. The summed E-state index contributed by atoms with van der Waals surface area (Å²) in [5, 5.41) is 0. The summed E-state index contributed by atoms with van der Waals surface area (Å²) in [5.41, 5.74) is 0. The van der Waals surface area contributed by atoms with Crippen molar-refractivity contribution in [2.75, 3.05) is 0 Å². The van der Waals surface area contributed by atoms with Crippen molar-refractivity contribution in [3.8, 4) is 0 Å². The minimum Gasteiger partial charge on any atom is -0.427 e. The van der Waals surface area contributed by atoms with Crippen LogP contribution in [-0.2, 0) is 0 Å². The molecule has 0 spiro atoms. The molecule has 0 aliphatic carbocycles. The van der Waals surface area contributed by atoms with Crippen molar-refractivity contribution in [1.82, 2.24) is 0 Å². The van der Waals surface area contributed by atoms with Crippen LogP contribution >= 0.6 is 0 Å². The van der Waals surface area contributed by atoms with E-state index < -0.39 is 63.2 Å². The fraction of sp³-hybridized carbons (Fsp3) is 0. The molecule has 0 unspecified atom stereocenters. The Morgan fingerprint density at radius 3 is 0.385 bits per heavy atom. The van der Waals surface area contributed by atoms with Crippen molar-refractivity contribution >= 4 is 0 Å². The SMILES string of the molecule is [Cm].[O-][I+2]([O-])[O-].[O-][I+2]([O-])[O-].[O-][I+2]([O-])[O-]. The second-order valence-electron chi connectivity index (χ2n) is 0.567. The van der Waals surface area contributed by atoms with Gasteiger partial charge in [0.05, 0.1) is 0 Å². The first kappa shape index (κ1) is 23.6. The molecule has 0 heterocycles. The molecule has 0 aliphatic rings. The van der Waals surface area contributed by atoms with Gasteiger partial charge in [-0.2, -0.15) is 0 Å². The van der Waals surface area contributed by atoms with E-state index >= 15 is 0 Å². The molecule has 0 atom stereocenters. The largest absolute Gasteiger partial charge is 0.427 e. The van der Waals surface area contributed by atoms with E-state index in [9.17, 15) is 0 Å². The smallest absolute Gasteiger partial charge is 0.282 e. The van der Waals surface area contributed by atoms with E-state index in [1.54, 1.807) is 0 Å². The third-order valence-electron chi connectivity index (χ3n) is 0. The van der Waals surface area contributed by atoms with Gasteiger partial charge in [0.2, 0.25) is 0 Å². The Hall–Kier alpha value is 0.830. The summed E-state index contributed by atoms with van der Waals surface area (Å²) in [6.45, 7) is 0. The molecule has 0 aromatic rings. The standard InChI is InChI=1S/Cm.3IO3/c;3*2-1(3)4/q;3*-1. The van der Waals surface area contributed by atoms with E-state index in [-0.39, 0.29) is 0 Å². The molecule has 13 heavy (non-hydrogen) atoms. The van der Waals surface area contributed by atoms with E-state index in [4.69, 9.17) is 30.9 Å². The molecule has 0 rings (SSSR count). The van der Waals surface area contributed by atoms with Crippen LogP contribution in [0.4, 0.5) is 0 Å². The average molecular weight is 772 g/mol. The molecule has 9 nitrogen and oxygen atoms in total. The molecular weight excluding hydrogens is 772 g/mol. The quantitative estimate of drug-likeness (QED) is 0.214. The molecule has 0 aromatic heterocycles. The van der Waals surface area contributed by atoms with Crippen LogP contribution in [0, 0.1) is 0 Å². The minimum atomic E-state index is -4.01. The molecule has 0 N–H and O–H groups in total. The summed E-state index contributed by atoms with van der Waals surface area (Å²) in [4.78, 5) is 0. The van der Waals surface area contributed by atoms with Crippen molar-refractivity contribution in [3.05, 3.63) is 0 Å². The van der Waals surface area contributed by atoms with Gasteiger partial charge in [-0.05, 0) is 0 Å². The zero-order valence-electron chi connectivity index (χ0n) is 5.16. The molecule has 13 heteroatoms. The zero-order valence-corrected chi connectivity index (χ0v) is 14.6. The molecule has 86 valence electrons. The van der Waals surface area contributed by atoms with Crippen LogP contribution in [0.2, 0.25) is 0 Å². The minimum absolute atomic E-state index is 0. The maximum Gasteiger partial charge on any atom is 0.282 e. The van der Waals surface area contributed by atoms with Gasteiger partial charge < -0.3 is 30.9 Å². The van der Waals surface area contributed by atoms with Crippen LogP contribution in [0.15, 0.2) is 0 Å². The van der Waals surface area contributed by atoms with Crippen LogP contribution in [0.1, 0.15) is 0 Å². The topological polar surface area (TPSA) is 208 Å². The van der Waals surface area contributed by atoms with E-state index in [0.717, 1.165) is 0 Å². The Balaban J connectivity index is -0.0000000450. The third kappa shape index (κ3) is 2180. The molecule has 0 saturated carbocycles. The van der Waals surface area contributed by atoms with Crippen LogP contribution in [0.25, 0.3) is 0 Å². The van der Waals surface area contributed by atoms with Gasteiger partial charge in [0.15, 0.2) is 0 Å². The van der Waals surface area contributed by atoms with E-state index in [2.05, 4.69) is 0 Å². The Morgan fingerprint density at radius 2 is 0.385 bits per heavy atom. The van der Waals surface area contributed by atoms with Crippen molar-refractivity contribution in [2.24, 2.45) is 0 Å². The number of hydrogen-bond acceptors (Lipinski definition) is 9. The Morgan fingerprint density at radius 1 is 0.385 bits per heavy atom. The van der Waals surface area contributed by atoms with Crippen molar-refractivity contribution < 1.29 is 94.1 Å². The molecule has 0 saturated heterocycles. The zero-order chi connectivity index (χ0) is 10.7. The Bertz CT molecular complexity index is 43.4. The summed E-state index contributed by atoms with van der Waals surface area (Å²) in [7, 11) is 0. The Kier molecular flexibility index (Phi) is 33.7. The maximum atomic E-state index is 8.57. The summed E-state index contributed by atoms with van der Waals surface area (Å²) in [6, 6.07) is 0. The molecule has 0 aliphatic heterocycles. The molecule has 0 fully saturated rings. The van der Waals surface area contributed by atoms with Gasteiger partial charge in [0.25, 0.3) is 63.2 Å². The summed E-state index contributed by atoms with van der Waals surface area (Å²) in [6.07, 6.45) is 0. The van der Waals surface area contributed by atoms with Gasteiger partial charge in [0, 0.05) is 0 Å². The van der Waals surface area contributed by atoms with E-state index in [1.165, 1.54) is 0 Å².